The van der Waals surface area contributed by atoms with Crippen molar-refractivity contribution in [1.29, 1.82) is 0 Å². The van der Waals surface area contributed by atoms with Crippen molar-refractivity contribution < 1.29 is 13.9 Å². The lowest BCUT2D eigenvalue weighted by Crippen LogP contribution is -2.47. The summed E-state index contributed by atoms with van der Waals surface area (Å²) in [5.41, 5.74) is 0.911. The van der Waals surface area contributed by atoms with Crippen LogP contribution in [0, 0.1) is 0 Å². The van der Waals surface area contributed by atoms with Gasteiger partial charge in [-0.1, -0.05) is 19.1 Å². The van der Waals surface area contributed by atoms with E-state index >= 15 is 0 Å². The zero-order chi connectivity index (χ0) is 17.9. The number of carbonyl (C=O) groups excluding carboxylic acids is 1. The number of likely N-dealkylation sites (tertiary alicyclic amines) is 1. The second-order valence-corrected chi connectivity index (χ2v) is 6.99. The summed E-state index contributed by atoms with van der Waals surface area (Å²) < 4.78 is 11.3. The first-order valence-electron chi connectivity index (χ1n) is 8.90. The number of rotatable bonds is 5. The highest BCUT2D eigenvalue weighted by atomic mass is 16.5. The van der Waals surface area contributed by atoms with Crippen molar-refractivity contribution in [1.82, 2.24) is 9.88 Å². The standard InChI is InChI=1S/C20H26N2O3/c1-4-18(23)22-10-6-9-20(2,14-22)19-21-13-17(25-19)12-15-7-5-8-16(11-15)24-3/h5,7-8,11,13H,4,6,9-10,12,14H2,1-3H3/t20-/m1/s1. The van der Waals surface area contributed by atoms with Crippen molar-refractivity contribution in [2.75, 3.05) is 20.2 Å². The van der Waals surface area contributed by atoms with Gasteiger partial charge in [0.2, 0.25) is 11.8 Å². The molecule has 1 aromatic carbocycles. The number of piperidine rings is 1. The van der Waals surface area contributed by atoms with Gasteiger partial charge in [-0.3, -0.25) is 4.79 Å². The smallest absolute Gasteiger partial charge is 0.222 e. The van der Waals surface area contributed by atoms with E-state index in [2.05, 4.69) is 18.0 Å². The molecule has 0 unspecified atom stereocenters. The van der Waals surface area contributed by atoms with Crippen LogP contribution in [0.2, 0.25) is 0 Å². The molecule has 0 saturated carbocycles. The lowest BCUT2D eigenvalue weighted by Gasteiger charge is -2.38. The number of aromatic nitrogens is 1. The molecule has 0 N–H and O–H groups in total. The molecule has 5 heteroatoms. The Morgan fingerprint density at radius 1 is 1.44 bits per heavy atom. The summed E-state index contributed by atoms with van der Waals surface area (Å²) >= 11 is 0. The summed E-state index contributed by atoms with van der Waals surface area (Å²) in [6, 6.07) is 7.96. The summed E-state index contributed by atoms with van der Waals surface area (Å²) in [7, 11) is 1.67. The van der Waals surface area contributed by atoms with E-state index < -0.39 is 0 Å². The van der Waals surface area contributed by atoms with E-state index in [9.17, 15) is 4.79 Å². The molecule has 2 heterocycles. The Morgan fingerprint density at radius 3 is 3.04 bits per heavy atom. The van der Waals surface area contributed by atoms with Crippen molar-refractivity contribution in [3.8, 4) is 5.75 Å². The third-order valence-electron chi connectivity index (χ3n) is 4.93. The minimum absolute atomic E-state index is 0.203. The predicted octanol–water partition coefficient (Wildman–Crippen LogP) is 3.56. The lowest BCUT2D eigenvalue weighted by molar-refractivity contribution is -0.133. The summed E-state index contributed by atoms with van der Waals surface area (Å²) in [5.74, 6) is 2.61. The fraction of sp³-hybridized carbons (Fsp3) is 0.500. The number of hydrogen-bond donors (Lipinski definition) is 0. The Labute approximate surface area is 149 Å². The van der Waals surface area contributed by atoms with Gasteiger partial charge < -0.3 is 14.1 Å². The molecule has 134 valence electrons. The number of oxazole rings is 1. The zero-order valence-corrected chi connectivity index (χ0v) is 15.2. The molecule has 0 bridgehead atoms. The fourth-order valence-corrected chi connectivity index (χ4v) is 3.50. The Hall–Kier alpha value is -2.30. The van der Waals surface area contributed by atoms with Crippen molar-refractivity contribution in [3.05, 3.63) is 47.7 Å². The second-order valence-electron chi connectivity index (χ2n) is 6.99. The highest BCUT2D eigenvalue weighted by Crippen LogP contribution is 2.34. The number of carbonyl (C=O) groups is 1. The zero-order valence-electron chi connectivity index (χ0n) is 15.2. The number of ether oxygens (including phenoxy) is 1. The fourth-order valence-electron chi connectivity index (χ4n) is 3.50. The van der Waals surface area contributed by atoms with Crippen molar-refractivity contribution >= 4 is 5.91 Å². The predicted molar refractivity (Wildman–Crippen MR) is 95.8 cm³/mol. The number of hydrogen-bond acceptors (Lipinski definition) is 4. The summed E-state index contributed by atoms with van der Waals surface area (Å²) in [5, 5.41) is 0. The highest BCUT2D eigenvalue weighted by Gasteiger charge is 2.38. The topological polar surface area (TPSA) is 55.6 Å². The van der Waals surface area contributed by atoms with E-state index in [1.54, 1.807) is 13.3 Å². The molecule has 0 spiro atoms. The molecule has 3 rings (SSSR count). The molecule has 25 heavy (non-hydrogen) atoms. The third kappa shape index (κ3) is 3.86. The van der Waals surface area contributed by atoms with Gasteiger partial charge in [0.25, 0.3) is 0 Å². The maximum atomic E-state index is 12.1. The largest absolute Gasteiger partial charge is 0.497 e. The Balaban J connectivity index is 1.74. The van der Waals surface area contributed by atoms with E-state index in [4.69, 9.17) is 9.15 Å². The van der Waals surface area contributed by atoms with Gasteiger partial charge in [-0.25, -0.2) is 4.98 Å². The second kappa shape index (κ2) is 7.30. The minimum atomic E-state index is -0.213. The average Bonchev–Trinajstić information content (AvgIpc) is 3.10. The molecule has 1 fully saturated rings. The van der Waals surface area contributed by atoms with Crippen molar-refractivity contribution in [2.45, 2.75) is 44.9 Å². The van der Waals surface area contributed by atoms with Crippen LogP contribution in [0.4, 0.5) is 0 Å². The summed E-state index contributed by atoms with van der Waals surface area (Å²) in [6.45, 7) is 5.56. The summed E-state index contributed by atoms with van der Waals surface area (Å²) in [4.78, 5) is 18.5. The Morgan fingerprint density at radius 2 is 2.28 bits per heavy atom. The first-order valence-corrected chi connectivity index (χ1v) is 8.90. The van der Waals surface area contributed by atoms with Gasteiger partial charge in [0.1, 0.15) is 11.5 Å². The van der Waals surface area contributed by atoms with Crippen LogP contribution in [0.1, 0.15) is 50.3 Å². The molecule has 0 aliphatic carbocycles. The van der Waals surface area contributed by atoms with Gasteiger partial charge >= 0.3 is 0 Å². The molecule has 1 aromatic heterocycles. The first kappa shape index (κ1) is 17.5. The van der Waals surface area contributed by atoms with E-state index in [1.807, 2.05) is 30.0 Å². The molecule has 1 atom stereocenters. The minimum Gasteiger partial charge on any atom is -0.497 e. The molecular weight excluding hydrogens is 316 g/mol. The number of amides is 1. The average molecular weight is 342 g/mol. The van der Waals surface area contributed by atoms with E-state index in [0.29, 0.717) is 19.4 Å². The van der Waals surface area contributed by atoms with E-state index in [0.717, 1.165) is 42.4 Å². The van der Waals surface area contributed by atoms with E-state index in [1.165, 1.54) is 0 Å². The third-order valence-corrected chi connectivity index (χ3v) is 4.93. The molecule has 2 aromatic rings. The van der Waals surface area contributed by atoms with Gasteiger partial charge in [-0.15, -0.1) is 0 Å². The monoisotopic (exact) mass is 342 g/mol. The van der Waals surface area contributed by atoms with Crippen LogP contribution in [0.5, 0.6) is 5.75 Å². The van der Waals surface area contributed by atoms with Crippen LogP contribution in [-0.4, -0.2) is 36.0 Å². The van der Waals surface area contributed by atoms with Crippen LogP contribution in [0.25, 0.3) is 0 Å². The molecule has 1 aliphatic rings. The number of methoxy groups -OCH3 is 1. The quantitative estimate of drug-likeness (QED) is 0.834. The van der Waals surface area contributed by atoms with Crippen LogP contribution in [-0.2, 0) is 16.6 Å². The Kier molecular flexibility index (Phi) is 5.11. The number of benzene rings is 1. The van der Waals surface area contributed by atoms with Crippen LogP contribution >= 0.6 is 0 Å². The maximum absolute atomic E-state index is 12.1. The lowest BCUT2D eigenvalue weighted by atomic mass is 9.81. The molecule has 1 aliphatic heterocycles. The molecular formula is C20H26N2O3. The SMILES string of the molecule is CCC(=O)N1CCC[C@@](C)(c2ncc(Cc3cccc(OC)c3)o2)C1. The molecule has 1 amide bonds. The number of nitrogens with zero attached hydrogens (tertiary/aromatic N) is 2. The van der Waals surface area contributed by atoms with Gasteiger partial charge in [-0.05, 0) is 37.5 Å². The van der Waals surface area contributed by atoms with Crippen molar-refractivity contribution in [3.63, 3.8) is 0 Å². The van der Waals surface area contributed by atoms with Crippen LogP contribution in [0.15, 0.2) is 34.9 Å². The highest BCUT2D eigenvalue weighted by molar-refractivity contribution is 5.76. The Bertz CT molecular complexity index is 740. The maximum Gasteiger partial charge on any atom is 0.222 e. The van der Waals surface area contributed by atoms with Gasteiger partial charge in [0, 0.05) is 25.9 Å². The normalized spacial score (nSPS) is 20.5. The van der Waals surface area contributed by atoms with E-state index in [-0.39, 0.29) is 11.3 Å². The van der Waals surface area contributed by atoms with Crippen LogP contribution < -0.4 is 4.74 Å². The molecule has 5 nitrogen and oxygen atoms in total. The summed E-state index contributed by atoms with van der Waals surface area (Å²) in [6.07, 6.45) is 5.00. The van der Waals surface area contributed by atoms with Crippen molar-refractivity contribution in [2.24, 2.45) is 0 Å². The molecule has 0 radical (unpaired) electrons. The van der Waals surface area contributed by atoms with Gasteiger partial charge in [0.05, 0.1) is 18.7 Å². The van der Waals surface area contributed by atoms with Gasteiger partial charge in [0.15, 0.2) is 0 Å². The molecule has 1 saturated heterocycles. The van der Waals surface area contributed by atoms with Crippen LogP contribution in [0.3, 0.4) is 0 Å². The van der Waals surface area contributed by atoms with Gasteiger partial charge in [-0.2, -0.15) is 0 Å². The first-order chi connectivity index (χ1) is 12.0.